The lowest BCUT2D eigenvalue weighted by molar-refractivity contribution is -0.155. The molecule has 20 heavy (non-hydrogen) atoms. The fourth-order valence-corrected chi connectivity index (χ4v) is 3.03. The van der Waals surface area contributed by atoms with Crippen LogP contribution in [0.25, 0.3) is 0 Å². The molecule has 0 spiro atoms. The van der Waals surface area contributed by atoms with Crippen molar-refractivity contribution >= 4 is 11.9 Å². The van der Waals surface area contributed by atoms with E-state index in [4.69, 9.17) is 0 Å². The Hall–Kier alpha value is -1.85. The second-order valence-corrected chi connectivity index (χ2v) is 6.25. The van der Waals surface area contributed by atoms with Crippen molar-refractivity contribution in [1.29, 1.82) is 0 Å². The Morgan fingerprint density at radius 2 is 2.20 bits per heavy atom. The van der Waals surface area contributed by atoms with Crippen molar-refractivity contribution in [3.8, 4) is 0 Å². The number of rotatable bonds is 4. The summed E-state index contributed by atoms with van der Waals surface area (Å²) in [7, 11) is 0. The average molecular weight is 279 g/mol. The first kappa shape index (κ1) is 14.6. The number of nitrogens with one attached hydrogen (secondary N) is 2. The number of amides is 1. The molecule has 6 heteroatoms. The second kappa shape index (κ2) is 4.92. The third-order valence-electron chi connectivity index (χ3n) is 5.03. The van der Waals surface area contributed by atoms with Gasteiger partial charge in [-0.1, -0.05) is 13.8 Å². The lowest BCUT2D eigenvalue weighted by atomic mass is 9.65. The van der Waals surface area contributed by atoms with Crippen LogP contribution in [0.2, 0.25) is 0 Å². The van der Waals surface area contributed by atoms with E-state index in [0.717, 1.165) is 5.69 Å². The van der Waals surface area contributed by atoms with Gasteiger partial charge < -0.3 is 10.4 Å². The zero-order chi connectivity index (χ0) is 15.0. The van der Waals surface area contributed by atoms with E-state index in [1.807, 2.05) is 13.8 Å². The maximum Gasteiger partial charge on any atom is 0.309 e. The van der Waals surface area contributed by atoms with Gasteiger partial charge in [0.05, 0.1) is 17.7 Å². The highest BCUT2D eigenvalue weighted by atomic mass is 16.4. The highest BCUT2D eigenvalue weighted by Crippen LogP contribution is 2.56. The van der Waals surface area contributed by atoms with Crippen LogP contribution in [0.5, 0.6) is 0 Å². The third-order valence-corrected chi connectivity index (χ3v) is 5.03. The van der Waals surface area contributed by atoms with Crippen molar-refractivity contribution in [3.05, 3.63) is 18.0 Å². The summed E-state index contributed by atoms with van der Waals surface area (Å²) in [6.45, 7) is 5.86. The van der Waals surface area contributed by atoms with E-state index in [2.05, 4.69) is 15.5 Å². The Labute approximate surface area is 118 Å². The first-order chi connectivity index (χ1) is 9.29. The number of carbonyl (C=O) groups is 2. The van der Waals surface area contributed by atoms with Crippen LogP contribution in [-0.4, -0.2) is 27.2 Å². The number of H-pyrrole nitrogens is 1. The molecule has 1 saturated carbocycles. The van der Waals surface area contributed by atoms with Gasteiger partial charge in [0.25, 0.3) is 0 Å². The molecule has 1 aromatic heterocycles. The van der Waals surface area contributed by atoms with Gasteiger partial charge in [0, 0.05) is 12.1 Å². The Morgan fingerprint density at radius 3 is 2.70 bits per heavy atom. The van der Waals surface area contributed by atoms with Gasteiger partial charge in [-0.15, -0.1) is 0 Å². The van der Waals surface area contributed by atoms with Gasteiger partial charge in [-0.05, 0) is 31.2 Å². The molecule has 1 fully saturated rings. The summed E-state index contributed by atoms with van der Waals surface area (Å²) in [5.41, 5.74) is -0.602. The maximum absolute atomic E-state index is 12.3. The third kappa shape index (κ3) is 2.19. The van der Waals surface area contributed by atoms with Crippen molar-refractivity contribution in [2.24, 2.45) is 16.7 Å². The number of aromatic amines is 1. The van der Waals surface area contributed by atoms with Crippen LogP contribution in [0, 0.1) is 16.7 Å². The highest BCUT2D eigenvalue weighted by Gasteiger charge is 2.58. The summed E-state index contributed by atoms with van der Waals surface area (Å²) in [5.74, 6) is -1.20. The zero-order valence-electron chi connectivity index (χ0n) is 12.1. The molecular weight excluding hydrogens is 258 g/mol. The van der Waals surface area contributed by atoms with E-state index in [9.17, 15) is 14.7 Å². The lowest BCUT2D eigenvalue weighted by Gasteiger charge is -2.37. The minimum atomic E-state index is -0.858. The fourth-order valence-electron chi connectivity index (χ4n) is 3.03. The number of hydrogen-bond acceptors (Lipinski definition) is 3. The molecule has 0 bridgehead atoms. The molecule has 0 unspecified atom stereocenters. The van der Waals surface area contributed by atoms with Crippen molar-refractivity contribution in [3.63, 3.8) is 0 Å². The van der Waals surface area contributed by atoms with Gasteiger partial charge in [0.2, 0.25) is 5.91 Å². The molecule has 6 nitrogen and oxygen atoms in total. The molecule has 0 aliphatic heterocycles. The number of aliphatic carboxylic acids is 1. The maximum atomic E-state index is 12.3. The summed E-state index contributed by atoms with van der Waals surface area (Å²) < 4.78 is 0. The Kier molecular flexibility index (Phi) is 3.58. The molecule has 1 aromatic rings. The van der Waals surface area contributed by atoms with E-state index in [0.29, 0.717) is 19.4 Å². The van der Waals surface area contributed by atoms with Gasteiger partial charge in [-0.3, -0.25) is 14.7 Å². The van der Waals surface area contributed by atoms with Crippen LogP contribution in [0.15, 0.2) is 12.3 Å². The summed E-state index contributed by atoms with van der Waals surface area (Å²) in [6.07, 6.45) is 2.75. The Bertz CT molecular complexity index is 510. The van der Waals surface area contributed by atoms with Crippen LogP contribution < -0.4 is 5.32 Å². The summed E-state index contributed by atoms with van der Waals surface area (Å²) in [4.78, 5) is 23.8. The van der Waals surface area contributed by atoms with Crippen molar-refractivity contribution in [2.45, 2.75) is 40.2 Å². The number of hydrogen-bond donors (Lipinski definition) is 3. The number of aromatic nitrogens is 2. The normalized spacial score (nSPS) is 28.2. The van der Waals surface area contributed by atoms with Crippen molar-refractivity contribution < 1.29 is 14.7 Å². The molecule has 3 N–H and O–H groups in total. The monoisotopic (exact) mass is 279 g/mol. The number of carboxylic acid groups (broad SMARTS) is 1. The second-order valence-electron chi connectivity index (χ2n) is 6.25. The fraction of sp³-hybridized carbons (Fsp3) is 0.643. The van der Waals surface area contributed by atoms with Crippen LogP contribution in [0.3, 0.4) is 0 Å². The minimum Gasteiger partial charge on any atom is -0.481 e. The lowest BCUT2D eigenvalue weighted by Crippen LogP contribution is -2.45. The van der Waals surface area contributed by atoms with Gasteiger partial charge >= 0.3 is 5.97 Å². The van der Waals surface area contributed by atoms with Gasteiger partial charge in [0.1, 0.15) is 0 Å². The molecule has 1 aliphatic rings. The minimum absolute atomic E-state index is 0.0884. The summed E-state index contributed by atoms with van der Waals surface area (Å²) >= 11 is 0. The Balaban J connectivity index is 2.06. The van der Waals surface area contributed by atoms with Crippen LogP contribution in [0.4, 0.5) is 0 Å². The summed E-state index contributed by atoms with van der Waals surface area (Å²) in [5, 5.41) is 18.9. The van der Waals surface area contributed by atoms with E-state index >= 15 is 0 Å². The van der Waals surface area contributed by atoms with E-state index in [1.165, 1.54) is 0 Å². The number of nitrogens with zero attached hydrogens (tertiary/aromatic N) is 1. The van der Waals surface area contributed by atoms with E-state index in [-0.39, 0.29) is 11.8 Å². The number of carboxylic acids is 1. The average Bonchev–Trinajstić information content (AvgIpc) is 2.95. The quantitative estimate of drug-likeness (QED) is 0.779. The standard InChI is InChI=1S/C14H21N3O3/c1-13(2)10(4-6-14(13,3)12(19)20)11(18)15-8-9-5-7-16-17-9/h5,7,10H,4,6,8H2,1-3H3,(H,15,18)(H,16,17)(H,19,20)/t10-,14+/m1/s1. The molecule has 0 aromatic carbocycles. The molecule has 1 aliphatic carbocycles. The van der Waals surface area contributed by atoms with Crippen LogP contribution in [0.1, 0.15) is 39.3 Å². The first-order valence-electron chi connectivity index (χ1n) is 6.78. The zero-order valence-corrected chi connectivity index (χ0v) is 12.1. The number of carbonyl (C=O) groups excluding carboxylic acids is 1. The van der Waals surface area contributed by atoms with Crippen molar-refractivity contribution in [2.75, 3.05) is 0 Å². The topological polar surface area (TPSA) is 95.1 Å². The Morgan fingerprint density at radius 1 is 1.50 bits per heavy atom. The largest absolute Gasteiger partial charge is 0.481 e. The molecule has 110 valence electrons. The molecule has 2 rings (SSSR count). The van der Waals surface area contributed by atoms with Crippen LogP contribution >= 0.6 is 0 Å². The van der Waals surface area contributed by atoms with Crippen molar-refractivity contribution in [1.82, 2.24) is 15.5 Å². The molecule has 0 radical (unpaired) electrons. The highest BCUT2D eigenvalue weighted by molar-refractivity contribution is 5.83. The molecule has 0 saturated heterocycles. The van der Waals surface area contributed by atoms with E-state index < -0.39 is 16.8 Å². The van der Waals surface area contributed by atoms with Gasteiger partial charge in [-0.2, -0.15) is 5.10 Å². The van der Waals surface area contributed by atoms with Crippen LogP contribution in [-0.2, 0) is 16.1 Å². The predicted molar refractivity (Wildman–Crippen MR) is 72.7 cm³/mol. The first-order valence-corrected chi connectivity index (χ1v) is 6.78. The van der Waals surface area contributed by atoms with Gasteiger partial charge in [-0.25, -0.2) is 0 Å². The van der Waals surface area contributed by atoms with Gasteiger partial charge in [0.15, 0.2) is 0 Å². The molecule has 1 heterocycles. The molecule has 2 atom stereocenters. The van der Waals surface area contributed by atoms with E-state index in [1.54, 1.807) is 19.2 Å². The summed E-state index contributed by atoms with van der Waals surface area (Å²) in [6, 6.07) is 1.79. The molecular formula is C14H21N3O3. The smallest absolute Gasteiger partial charge is 0.309 e. The molecule has 1 amide bonds. The predicted octanol–water partition coefficient (Wildman–Crippen LogP) is 1.55. The SMILES string of the molecule is CC1(C)[C@@H](C(=O)NCc2ccn[nH]2)CC[C@@]1(C)C(=O)O.